The van der Waals surface area contributed by atoms with Gasteiger partial charge < -0.3 is 10.0 Å². The van der Waals surface area contributed by atoms with E-state index in [2.05, 4.69) is 9.97 Å². The van der Waals surface area contributed by atoms with Gasteiger partial charge in [0.25, 0.3) is 5.56 Å². The van der Waals surface area contributed by atoms with Crippen molar-refractivity contribution < 1.29 is 5.11 Å². The van der Waals surface area contributed by atoms with E-state index in [4.69, 9.17) is 0 Å². The fraction of sp³-hybridized carbons (Fsp3) is 0.667. The number of rotatable bonds is 3. The second-order valence-electron chi connectivity index (χ2n) is 4.49. The highest BCUT2D eigenvalue weighted by atomic mass is 16.3. The van der Waals surface area contributed by atoms with E-state index >= 15 is 0 Å². The lowest BCUT2D eigenvalue weighted by molar-refractivity contribution is 0.440. The number of anilines is 1. The highest BCUT2D eigenvalue weighted by Gasteiger charge is 2.16. The zero-order valence-electron chi connectivity index (χ0n) is 10.2. The van der Waals surface area contributed by atoms with Crippen LogP contribution in [0.25, 0.3) is 0 Å². The van der Waals surface area contributed by atoms with Crippen LogP contribution in [0.2, 0.25) is 0 Å². The molecule has 0 spiro atoms. The summed E-state index contributed by atoms with van der Waals surface area (Å²) in [7, 11) is 0. The van der Waals surface area contributed by atoms with Crippen molar-refractivity contribution in [1.82, 2.24) is 9.97 Å². The molecule has 2 heterocycles. The molecule has 2 N–H and O–H groups in total. The largest absolute Gasteiger partial charge is 0.493 e. The molecule has 1 aliphatic rings. The van der Waals surface area contributed by atoms with Crippen molar-refractivity contribution in [2.45, 2.75) is 39.0 Å². The van der Waals surface area contributed by atoms with Crippen molar-refractivity contribution in [2.75, 3.05) is 18.0 Å². The Bertz CT molecular complexity index is 436. The molecule has 2 rings (SSSR count). The van der Waals surface area contributed by atoms with Gasteiger partial charge in [0.05, 0.1) is 5.56 Å². The number of nitrogens with zero attached hydrogens (tertiary/aromatic N) is 2. The molecule has 1 aliphatic heterocycles. The van der Waals surface area contributed by atoms with Gasteiger partial charge in [-0.3, -0.25) is 9.78 Å². The Kier molecular flexibility index (Phi) is 3.66. The van der Waals surface area contributed by atoms with E-state index in [-0.39, 0.29) is 11.4 Å². The highest BCUT2D eigenvalue weighted by molar-refractivity contribution is 5.35. The van der Waals surface area contributed by atoms with Crippen LogP contribution in [0.3, 0.4) is 0 Å². The van der Waals surface area contributed by atoms with Crippen molar-refractivity contribution in [3.05, 3.63) is 15.9 Å². The number of aromatic hydroxyl groups is 1. The Balaban J connectivity index is 2.27. The van der Waals surface area contributed by atoms with Gasteiger partial charge in [-0.25, -0.2) is 0 Å². The molecule has 0 saturated carbocycles. The van der Waals surface area contributed by atoms with Gasteiger partial charge in [-0.1, -0.05) is 13.3 Å². The van der Waals surface area contributed by atoms with Gasteiger partial charge in [-0.2, -0.15) is 4.98 Å². The molecule has 17 heavy (non-hydrogen) atoms. The highest BCUT2D eigenvalue weighted by Crippen LogP contribution is 2.18. The van der Waals surface area contributed by atoms with Crippen molar-refractivity contribution in [3.8, 4) is 5.88 Å². The van der Waals surface area contributed by atoms with E-state index in [0.717, 1.165) is 32.4 Å². The minimum absolute atomic E-state index is 0.115. The third-order valence-electron chi connectivity index (χ3n) is 3.14. The molecule has 1 aromatic heterocycles. The quantitative estimate of drug-likeness (QED) is 0.834. The first kappa shape index (κ1) is 12.0. The summed E-state index contributed by atoms with van der Waals surface area (Å²) in [6, 6.07) is 0. The van der Waals surface area contributed by atoms with Gasteiger partial charge in [0.2, 0.25) is 11.8 Å². The van der Waals surface area contributed by atoms with E-state index < -0.39 is 0 Å². The molecule has 94 valence electrons. The van der Waals surface area contributed by atoms with Crippen LogP contribution in [0, 0.1) is 0 Å². The summed E-state index contributed by atoms with van der Waals surface area (Å²) in [5, 5.41) is 9.78. The van der Waals surface area contributed by atoms with Crippen LogP contribution >= 0.6 is 0 Å². The third-order valence-corrected chi connectivity index (χ3v) is 3.14. The number of H-pyrrole nitrogens is 1. The molecular formula is C12H19N3O2. The number of nitrogens with one attached hydrogen (secondary N) is 1. The van der Waals surface area contributed by atoms with Gasteiger partial charge in [-0.05, 0) is 25.7 Å². The second kappa shape index (κ2) is 5.21. The minimum Gasteiger partial charge on any atom is -0.493 e. The van der Waals surface area contributed by atoms with Crippen molar-refractivity contribution in [1.29, 1.82) is 0 Å². The van der Waals surface area contributed by atoms with Crippen LogP contribution < -0.4 is 10.5 Å². The maximum atomic E-state index is 11.8. The van der Waals surface area contributed by atoms with Crippen molar-refractivity contribution >= 4 is 5.95 Å². The lowest BCUT2D eigenvalue weighted by atomic mass is 10.1. The summed E-state index contributed by atoms with van der Waals surface area (Å²) in [5.41, 5.74) is 0.188. The summed E-state index contributed by atoms with van der Waals surface area (Å²) in [6.07, 6.45) is 4.83. The predicted molar refractivity (Wildman–Crippen MR) is 66.6 cm³/mol. The average molecular weight is 237 g/mol. The van der Waals surface area contributed by atoms with Crippen LogP contribution in [0.1, 0.15) is 38.2 Å². The number of aromatic amines is 1. The predicted octanol–water partition coefficient (Wildman–Crippen LogP) is 1.42. The number of hydrogen-bond donors (Lipinski definition) is 2. The minimum atomic E-state index is -0.208. The second-order valence-corrected chi connectivity index (χ2v) is 4.49. The Morgan fingerprint density at radius 2 is 2.06 bits per heavy atom. The van der Waals surface area contributed by atoms with Crippen molar-refractivity contribution in [3.63, 3.8) is 0 Å². The Morgan fingerprint density at radius 3 is 2.65 bits per heavy atom. The molecule has 0 unspecified atom stereocenters. The smallest absolute Gasteiger partial charge is 0.259 e. The van der Waals surface area contributed by atoms with Crippen LogP contribution in [0.15, 0.2) is 4.79 Å². The van der Waals surface area contributed by atoms with Crippen LogP contribution in [0.4, 0.5) is 5.95 Å². The molecule has 5 heteroatoms. The van der Waals surface area contributed by atoms with E-state index in [0.29, 0.717) is 17.9 Å². The number of piperidine rings is 1. The molecule has 0 amide bonds. The van der Waals surface area contributed by atoms with Gasteiger partial charge >= 0.3 is 0 Å². The molecule has 1 saturated heterocycles. The summed E-state index contributed by atoms with van der Waals surface area (Å²) >= 11 is 0. The first-order valence-electron chi connectivity index (χ1n) is 6.29. The van der Waals surface area contributed by atoms with E-state index in [1.54, 1.807) is 0 Å². The Hall–Kier alpha value is -1.52. The summed E-state index contributed by atoms with van der Waals surface area (Å²) in [4.78, 5) is 20.7. The Morgan fingerprint density at radius 1 is 1.35 bits per heavy atom. The molecule has 0 aromatic carbocycles. The molecular weight excluding hydrogens is 218 g/mol. The first-order chi connectivity index (χ1) is 8.22. The number of hydrogen-bond acceptors (Lipinski definition) is 4. The van der Waals surface area contributed by atoms with Gasteiger partial charge in [0.1, 0.15) is 0 Å². The van der Waals surface area contributed by atoms with Gasteiger partial charge in [-0.15, -0.1) is 0 Å². The molecule has 0 bridgehead atoms. The topological polar surface area (TPSA) is 69.2 Å². The van der Waals surface area contributed by atoms with Crippen molar-refractivity contribution in [2.24, 2.45) is 0 Å². The van der Waals surface area contributed by atoms with Crippen LogP contribution in [0.5, 0.6) is 5.88 Å². The van der Waals surface area contributed by atoms with Crippen LogP contribution in [-0.2, 0) is 6.42 Å². The SMILES string of the molecule is CCCc1c(O)nc(N2CCCCC2)[nH]c1=O. The lowest BCUT2D eigenvalue weighted by Crippen LogP contribution is -2.33. The fourth-order valence-electron chi connectivity index (χ4n) is 2.21. The zero-order valence-corrected chi connectivity index (χ0v) is 10.2. The summed E-state index contributed by atoms with van der Waals surface area (Å²) in [6.45, 7) is 3.77. The number of aromatic nitrogens is 2. The van der Waals surface area contributed by atoms with Gasteiger partial charge in [0, 0.05) is 13.1 Å². The zero-order chi connectivity index (χ0) is 12.3. The monoisotopic (exact) mass is 237 g/mol. The molecule has 1 aromatic rings. The summed E-state index contributed by atoms with van der Waals surface area (Å²) in [5.74, 6) is 0.392. The van der Waals surface area contributed by atoms with E-state index in [1.807, 2.05) is 11.8 Å². The van der Waals surface area contributed by atoms with Crippen LogP contribution in [-0.4, -0.2) is 28.2 Å². The fourth-order valence-corrected chi connectivity index (χ4v) is 2.21. The third kappa shape index (κ3) is 2.60. The Labute approximate surface area is 100 Å². The summed E-state index contributed by atoms with van der Waals surface area (Å²) < 4.78 is 0. The first-order valence-corrected chi connectivity index (χ1v) is 6.29. The maximum absolute atomic E-state index is 11.8. The standard InChI is InChI=1S/C12H19N3O2/c1-2-6-9-10(16)13-12(14-11(9)17)15-7-4-3-5-8-15/h2-8H2,1H3,(H2,13,14,16,17). The lowest BCUT2D eigenvalue weighted by Gasteiger charge is -2.27. The van der Waals surface area contributed by atoms with E-state index in [9.17, 15) is 9.90 Å². The van der Waals surface area contributed by atoms with Gasteiger partial charge in [0.15, 0.2) is 0 Å². The molecule has 1 fully saturated rings. The molecule has 0 radical (unpaired) electrons. The normalized spacial score (nSPS) is 16.2. The molecule has 0 atom stereocenters. The van der Waals surface area contributed by atoms with E-state index in [1.165, 1.54) is 6.42 Å². The molecule has 0 aliphatic carbocycles. The maximum Gasteiger partial charge on any atom is 0.259 e. The average Bonchev–Trinajstić information content (AvgIpc) is 2.35. The molecule has 5 nitrogen and oxygen atoms in total.